The van der Waals surface area contributed by atoms with Crippen molar-refractivity contribution in [2.75, 3.05) is 25.0 Å². The minimum absolute atomic E-state index is 0.0679. The summed E-state index contributed by atoms with van der Waals surface area (Å²) in [5.41, 5.74) is 2.68. The maximum Gasteiger partial charge on any atom is 0.252 e. The van der Waals surface area contributed by atoms with Crippen LogP contribution in [0.5, 0.6) is 0 Å². The highest BCUT2D eigenvalue weighted by atomic mass is 16.1. The lowest BCUT2D eigenvalue weighted by Crippen LogP contribution is -2.56. The molecule has 144 valence electrons. The lowest BCUT2D eigenvalue weighted by atomic mass is 9.99. The molecule has 2 aromatic carbocycles. The maximum atomic E-state index is 13.0. The van der Waals surface area contributed by atoms with Gasteiger partial charge in [0, 0.05) is 31.9 Å². The van der Waals surface area contributed by atoms with Gasteiger partial charge in [0.15, 0.2) is 0 Å². The summed E-state index contributed by atoms with van der Waals surface area (Å²) in [4.78, 5) is 19.7. The number of carbonyl (C=O) groups excluding carboxylic acids is 1. The molecule has 1 atom stereocenters. The summed E-state index contributed by atoms with van der Waals surface area (Å²) in [5.74, 6) is 0.766. The number of nitrogens with one attached hydrogen (secondary N) is 2. The molecule has 3 aromatic rings. The average molecular weight is 374 g/mol. The summed E-state index contributed by atoms with van der Waals surface area (Å²) < 4.78 is 0. The van der Waals surface area contributed by atoms with Gasteiger partial charge in [-0.15, -0.1) is 0 Å². The van der Waals surface area contributed by atoms with Gasteiger partial charge in [-0.3, -0.25) is 4.79 Å². The van der Waals surface area contributed by atoms with E-state index in [1.54, 1.807) is 6.20 Å². The number of rotatable bonds is 5. The molecule has 1 aromatic heterocycles. The summed E-state index contributed by atoms with van der Waals surface area (Å²) >= 11 is 0. The number of aromatic nitrogens is 1. The quantitative estimate of drug-likeness (QED) is 0.718. The van der Waals surface area contributed by atoms with Gasteiger partial charge in [0.25, 0.3) is 5.91 Å². The van der Waals surface area contributed by atoms with Gasteiger partial charge < -0.3 is 15.5 Å². The SMILES string of the molecule is Cc1cnc(N(C)C2CNC2)cc1C(=O)NC(C)c1cccc2ccccc12. The number of carbonyl (C=O) groups is 1. The molecule has 2 heterocycles. The highest BCUT2D eigenvalue weighted by Gasteiger charge is 2.24. The van der Waals surface area contributed by atoms with E-state index in [0.29, 0.717) is 11.6 Å². The molecule has 0 radical (unpaired) electrons. The van der Waals surface area contributed by atoms with Crippen LogP contribution in [0.3, 0.4) is 0 Å². The molecule has 1 unspecified atom stereocenters. The number of benzene rings is 2. The molecular formula is C23H26N4O. The second-order valence-electron chi connectivity index (χ2n) is 7.54. The third kappa shape index (κ3) is 3.45. The molecule has 1 fully saturated rings. The lowest BCUT2D eigenvalue weighted by molar-refractivity contribution is 0.0939. The number of anilines is 1. The second kappa shape index (κ2) is 7.60. The number of hydrogen-bond acceptors (Lipinski definition) is 4. The molecule has 0 aliphatic carbocycles. The van der Waals surface area contributed by atoms with Gasteiger partial charge in [0.05, 0.1) is 12.1 Å². The van der Waals surface area contributed by atoms with E-state index in [1.807, 2.05) is 45.2 Å². The van der Waals surface area contributed by atoms with Gasteiger partial charge in [-0.1, -0.05) is 42.5 Å². The third-order valence-corrected chi connectivity index (χ3v) is 5.64. The average Bonchev–Trinajstić information content (AvgIpc) is 2.66. The van der Waals surface area contributed by atoms with Crippen molar-refractivity contribution in [1.29, 1.82) is 0 Å². The van der Waals surface area contributed by atoms with Gasteiger partial charge >= 0.3 is 0 Å². The Hall–Kier alpha value is -2.92. The minimum atomic E-state index is -0.0943. The molecule has 2 N–H and O–H groups in total. The van der Waals surface area contributed by atoms with Crippen LogP contribution in [0.2, 0.25) is 0 Å². The van der Waals surface area contributed by atoms with E-state index in [4.69, 9.17) is 0 Å². The molecule has 1 aliphatic rings. The summed E-state index contributed by atoms with van der Waals surface area (Å²) in [6.45, 7) is 5.86. The first-order valence-electron chi connectivity index (χ1n) is 9.73. The van der Waals surface area contributed by atoms with Gasteiger partial charge in [-0.05, 0) is 41.8 Å². The van der Waals surface area contributed by atoms with Crippen LogP contribution in [-0.2, 0) is 0 Å². The van der Waals surface area contributed by atoms with E-state index in [2.05, 4.69) is 44.8 Å². The van der Waals surface area contributed by atoms with Crippen LogP contribution >= 0.6 is 0 Å². The number of likely N-dealkylation sites (N-methyl/N-ethyl adjacent to an activating group) is 1. The summed E-state index contributed by atoms with van der Waals surface area (Å²) in [6, 6.07) is 16.7. The molecule has 1 amide bonds. The zero-order valence-electron chi connectivity index (χ0n) is 16.6. The Morgan fingerprint density at radius 1 is 1.21 bits per heavy atom. The summed E-state index contributed by atoms with van der Waals surface area (Å²) in [5, 5.41) is 8.79. The first-order valence-corrected chi connectivity index (χ1v) is 9.73. The van der Waals surface area contributed by atoms with Crippen molar-refractivity contribution in [1.82, 2.24) is 15.6 Å². The highest BCUT2D eigenvalue weighted by molar-refractivity contribution is 5.97. The largest absolute Gasteiger partial charge is 0.354 e. The Kier molecular flexibility index (Phi) is 5.01. The molecule has 0 saturated carbocycles. The minimum Gasteiger partial charge on any atom is -0.354 e. The topological polar surface area (TPSA) is 57.3 Å². The van der Waals surface area contributed by atoms with Crippen molar-refractivity contribution in [3.05, 3.63) is 71.4 Å². The van der Waals surface area contributed by atoms with E-state index in [0.717, 1.165) is 30.0 Å². The van der Waals surface area contributed by atoms with E-state index in [1.165, 1.54) is 10.8 Å². The number of fused-ring (bicyclic) bond motifs is 1. The zero-order chi connectivity index (χ0) is 19.7. The number of aryl methyl sites for hydroxylation is 1. The number of pyridine rings is 1. The summed E-state index contributed by atoms with van der Waals surface area (Å²) in [7, 11) is 2.03. The van der Waals surface area contributed by atoms with Crippen LogP contribution in [0.25, 0.3) is 10.8 Å². The molecule has 5 nitrogen and oxygen atoms in total. The Labute approximate surface area is 165 Å². The molecule has 4 rings (SSSR count). The lowest BCUT2D eigenvalue weighted by Gasteiger charge is -2.36. The predicted octanol–water partition coefficient (Wildman–Crippen LogP) is 3.44. The standard InChI is InChI=1S/C23H26N4O/c1-15-12-25-22(27(3)18-13-24-14-18)11-21(15)23(28)26-16(2)19-10-6-8-17-7-4-5-9-20(17)19/h4-12,16,18,24H,13-14H2,1-3H3,(H,26,28). The van der Waals surface area contributed by atoms with Crippen LogP contribution in [0.4, 0.5) is 5.82 Å². The fourth-order valence-corrected chi connectivity index (χ4v) is 3.66. The van der Waals surface area contributed by atoms with E-state index >= 15 is 0 Å². The Morgan fingerprint density at radius 2 is 1.96 bits per heavy atom. The number of hydrogen-bond donors (Lipinski definition) is 2. The highest BCUT2D eigenvalue weighted by Crippen LogP contribution is 2.25. The first-order chi connectivity index (χ1) is 13.5. The molecular weight excluding hydrogens is 348 g/mol. The monoisotopic (exact) mass is 374 g/mol. The van der Waals surface area contributed by atoms with E-state index in [9.17, 15) is 4.79 Å². The number of nitrogens with zero attached hydrogens (tertiary/aromatic N) is 2. The predicted molar refractivity (Wildman–Crippen MR) is 114 cm³/mol. The van der Waals surface area contributed by atoms with Crippen LogP contribution in [0.15, 0.2) is 54.7 Å². The Balaban J connectivity index is 1.57. The molecule has 1 aliphatic heterocycles. The molecule has 5 heteroatoms. The van der Waals surface area contributed by atoms with Crippen molar-refractivity contribution >= 4 is 22.5 Å². The van der Waals surface area contributed by atoms with Crippen LogP contribution < -0.4 is 15.5 Å². The van der Waals surface area contributed by atoms with Gasteiger partial charge in [-0.25, -0.2) is 4.98 Å². The molecule has 0 spiro atoms. The fraction of sp³-hybridized carbons (Fsp3) is 0.304. The van der Waals surface area contributed by atoms with Crippen molar-refractivity contribution in [2.45, 2.75) is 25.9 Å². The second-order valence-corrected chi connectivity index (χ2v) is 7.54. The van der Waals surface area contributed by atoms with Crippen LogP contribution in [0.1, 0.15) is 34.5 Å². The zero-order valence-corrected chi connectivity index (χ0v) is 16.6. The van der Waals surface area contributed by atoms with Crippen LogP contribution in [0, 0.1) is 6.92 Å². The third-order valence-electron chi connectivity index (χ3n) is 5.64. The van der Waals surface area contributed by atoms with Gasteiger partial charge in [0.2, 0.25) is 0 Å². The smallest absolute Gasteiger partial charge is 0.252 e. The Morgan fingerprint density at radius 3 is 2.71 bits per heavy atom. The van der Waals surface area contributed by atoms with Gasteiger partial charge in [0.1, 0.15) is 5.82 Å². The molecule has 1 saturated heterocycles. The fourth-order valence-electron chi connectivity index (χ4n) is 3.66. The van der Waals surface area contributed by atoms with Crippen molar-refractivity contribution in [3.8, 4) is 0 Å². The molecule has 0 bridgehead atoms. The van der Waals surface area contributed by atoms with Gasteiger partial charge in [-0.2, -0.15) is 0 Å². The molecule has 28 heavy (non-hydrogen) atoms. The van der Waals surface area contributed by atoms with E-state index in [-0.39, 0.29) is 11.9 Å². The van der Waals surface area contributed by atoms with E-state index < -0.39 is 0 Å². The van der Waals surface area contributed by atoms with Crippen molar-refractivity contribution in [3.63, 3.8) is 0 Å². The van der Waals surface area contributed by atoms with Crippen molar-refractivity contribution in [2.24, 2.45) is 0 Å². The Bertz CT molecular complexity index is 1010. The number of amides is 1. The van der Waals surface area contributed by atoms with Crippen molar-refractivity contribution < 1.29 is 4.79 Å². The van der Waals surface area contributed by atoms with Crippen LogP contribution in [-0.4, -0.2) is 37.1 Å². The maximum absolute atomic E-state index is 13.0. The normalized spacial score (nSPS) is 15.1. The summed E-state index contributed by atoms with van der Waals surface area (Å²) in [6.07, 6.45) is 1.79. The first kappa shape index (κ1) is 18.4.